The summed E-state index contributed by atoms with van der Waals surface area (Å²) in [6.07, 6.45) is 2.03. The van der Waals surface area contributed by atoms with Gasteiger partial charge in [0.25, 0.3) is 0 Å². The van der Waals surface area contributed by atoms with Gasteiger partial charge in [0.15, 0.2) is 0 Å². The molecule has 0 aliphatic rings. The summed E-state index contributed by atoms with van der Waals surface area (Å²) in [6, 6.07) is 14.1. The first-order valence-electron chi connectivity index (χ1n) is 6.60. The Balaban J connectivity index is 1.80. The van der Waals surface area contributed by atoms with Crippen molar-refractivity contribution in [1.29, 1.82) is 0 Å². The van der Waals surface area contributed by atoms with E-state index in [-0.39, 0.29) is 6.10 Å². The normalized spacial score (nSPS) is 10.7. The number of hydrogen-bond acceptors (Lipinski definition) is 3. The van der Waals surface area contributed by atoms with E-state index in [1.54, 1.807) is 0 Å². The van der Waals surface area contributed by atoms with Gasteiger partial charge in [-0.2, -0.15) is 0 Å². The second-order valence-corrected chi connectivity index (χ2v) is 4.74. The van der Waals surface area contributed by atoms with Gasteiger partial charge in [-0.1, -0.05) is 18.2 Å². The van der Waals surface area contributed by atoms with Crippen LogP contribution in [0.15, 0.2) is 48.7 Å². The first kappa shape index (κ1) is 13.6. The Morgan fingerprint density at radius 1 is 1.05 bits per heavy atom. The van der Waals surface area contributed by atoms with E-state index in [0.29, 0.717) is 0 Å². The number of aromatic nitrogens is 1. The summed E-state index contributed by atoms with van der Waals surface area (Å²) < 4.78 is 5.61. The summed E-state index contributed by atoms with van der Waals surface area (Å²) in [4.78, 5) is 4.27. The first-order valence-corrected chi connectivity index (χ1v) is 6.60. The molecule has 0 fully saturated rings. The summed E-state index contributed by atoms with van der Waals surface area (Å²) in [7, 11) is 0. The highest BCUT2D eigenvalue weighted by molar-refractivity contribution is 5.27. The molecule has 1 N–H and O–H groups in total. The van der Waals surface area contributed by atoms with E-state index in [1.165, 1.54) is 5.56 Å². The minimum Gasteiger partial charge on any atom is -0.491 e. The number of benzene rings is 1. The Morgan fingerprint density at radius 3 is 2.47 bits per heavy atom. The van der Waals surface area contributed by atoms with Crippen molar-refractivity contribution in [2.75, 3.05) is 0 Å². The zero-order chi connectivity index (χ0) is 13.5. The average molecular weight is 256 g/mol. The number of pyridine rings is 1. The molecule has 0 spiro atoms. The van der Waals surface area contributed by atoms with E-state index in [0.717, 1.165) is 24.5 Å². The molecular weight excluding hydrogens is 236 g/mol. The molecule has 100 valence electrons. The van der Waals surface area contributed by atoms with Gasteiger partial charge in [0.05, 0.1) is 11.8 Å². The number of nitrogens with zero attached hydrogens (tertiary/aromatic N) is 1. The molecule has 19 heavy (non-hydrogen) atoms. The lowest BCUT2D eigenvalue weighted by atomic mass is 10.2. The molecule has 2 aromatic rings. The fraction of sp³-hybridized carbons (Fsp3) is 0.312. The van der Waals surface area contributed by atoms with Crippen LogP contribution in [0.3, 0.4) is 0 Å². The van der Waals surface area contributed by atoms with Gasteiger partial charge in [-0.25, -0.2) is 0 Å². The summed E-state index contributed by atoms with van der Waals surface area (Å²) >= 11 is 0. The minimum atomic E-state index is 0.216. The Morgan fingerprint density at radius 2 is 1.84 bits per heavy atom. The number of hydrogen-bond donors (Lipinski definition) is 1. The van der Waals surface area contributed by atoms with Crippen molar-refractivity contribution in [1.82, 2.24) is 10.3 Å². The van der Waals surface area contributed by atoms with Gasteiger partial charge in [0, 0.05) is 19.3 Å². The van der Waals surface area contributed by atoms with Crippen LogP contribution < -0.4 is 10.1 Å². The lowest BCUT2D eigenvalue weighted by Crippen LogP contribution is -2.13. The van der Waals surface area contributed by atoms with Gasteiger partial charge in [0.1, 0.15) is 5.75 Å². The van der Waals surface area contributed by atoms with Crippen LogP contribution in [-0.2, 0) is 13.1 Å². The summed E-state index contributed by atoms with van der Waals surface area (Å²) in [6.45, 7) is 5.67. The third-order valence-corrected chi connectivity index (χ3v) is 2.66. The predicted octanol–water partition coefficient (Wildman–Crippen LogP) is 3.16. The molecule has 0 bridgehead atoms. The van der Waals surface area contributed by atoms with Gasteiger partial charge in [0.2, 0.25) is 0 Å². The van der Waals surface area contributed by atoms with E-state index in [1.807, 2.05) is 50.4 Å². The molecule has 3 nitrogen and oxygen atoms in total. The third kappa shape index (κ3) is 4.72. The zero-order valence-electron chi connectivity index (χ0n) is 11.5. The Labute approximate surface area is 114 Å². The Hall–Kier alpha value is -1.87. The van der Waals surface area contributed by atoms with Crippen LogP contribution >= 0.6 is 0 Å². The third-order valence-electron chi connectivity index (χ3n) is 2.66. The van der Waals surface area contributed by atoms with E-state index < -0.39 is 0 Å². The van der Waals surface area contributed by atoms with Gasteiger partial charge in [-0.15, -0.1) is 0 Å². The number of nitrogens with one attached hydrogen (secondary N) is 1. The maximum absolute atomic E-state index is 5.61. The van der Waals surface area contributed by atoms with Crippen LogP contribution in [0, 0.1) is 0 Å². The lowest BCUT2D eigenvalue weighted by molar-refractivity contribution is 0.242. The molecule has 0 saturated heterocycles. The van der Waals surface area contributed by atoms with Crippen LogP contribution in [0.4, 0.5) is 0 Å². The smallest absolute Gasteiger partial charge is 0.119 e. The molecule has 2 rings (SSSR count). The van der Waals surface area contributed by atoms with Crippen molar-refractivity contribution in [3.8, 4) is 5.75 Å². The molecule has 0 unspecified atom stereocenters. The Bertz CT molecular complexity index is 480. The van der Waals surface area contributed by atoms with Crippen LogP contribution in [0.1, 0.15) is 25.1 Å². The van der Waals surface area contributed by atoms with E-state index in [4.69, 9.17) is 4.74 Å². The predicted molar refractivity (Wildman–Crippen MR) is 77.0 cm³/mol. The summed E-state index contributed by atoms with van der Waals surface area (Å²) in [5.41, 5.74) is 2.30. The maximum atomic E-state index is 5.61. The van der Waals surface area contributed by atoms with Gasteiger partial charge in [-0.05, 0) is 43.7 Å². The van der Waals surface area contributed by atoms with E-state index in [9.17, 15) is 0 Å². The zero-order valence-corrected chi connectivity index (χ0v) is 11.5. The lowest BCUT2D eigenvalue weighted by Gasteiger charge is -2.10. The highest BCUT2D eigenvalue weighted by Gasteiger charge is 1.98. The van der Waals surface area contributed by atoms with Crippen molar-refractivity contribution in [3.05, 3.63) is 59.9 Å². The molecule has 0 amide bonds. The molecule has 0 radical (unpaired) electrons. The maximum Gasteiger partial charge on any atom is 0.119 e. The van der Waals surface area contributed by atoms with Crippen molar-refractivity contribution < 1.29 is 4.74 Å². The van der Waals surface area contributed by atoms with Crippen molar-refractivity contribution >= 4 is 0 Å². The monoisotopic (exact) mass is 256 g/mol. The van der Waals surface area contributed by atoms with Crippen molar-refractivity contribution in [2.45, 2.75) is 33.0 Å². The topological polar surface area (TPSA) is 34.1 Å². The SMILES string of the molecule is CC(C)Oc1ccc(CNCc2ccccn2)cc1. The van der Waals surface area contributed by atoms with Crippen LogP contribution in [0.25, 0.3) is 0 Å². The quantitative estimate of drug-likeness (QED) is 0.862. The summed E-state index contributed by atoms with van der Waals surface area (Å²) in [5.74, 6) is 0.920. The fourth-order valence-corrected chi connectivity index (χ4v) is 1.80. The minimum absolute atomic E-state index is 0.216. The van der Waals surface area contributed by atoms with E-state index in [2.05, 4.69) is 22.4 Å². The van der Waals surface area contributed by atoms with Gasteiger partial charge < -0.3 is 10.1 Å². The molecule has 1 heterocycles. The summed E-state index contributed by atoms with van der Waals surface area (Å²) in [5, 5.41) is 3.37. The molecule has 0 saturated carbocycles. The second kappa shape index (κ2) is 6.90. The molecule has 3 heteroatoms. The molecule has 1 aromatic carbocycles. The molecular formula is C16H20N2O. The largest absolute Gasteiger partial charge is 0.491 e. The van der Waals surface area contributed by atoms with E-state index >= 15 is 0 Å². The number of ether oxygens (including phenoxy) is 1. The molecule has 0 aliphatic heterocycles. The van der Waals surface area contributed by atoms with Crippen LogP contribution in [-0.4, -0.2) is 11.1 Å². The van der Waals surface area contributed by atoms with Crippen LogP contribution in [0.2, 0.25) is 0 Å². The first-order chi connectivity index (χ1) is 9.24. The second-order valence-electron chi connectivity index (χ2n) is 4.74. The van der Waals surface area contributed by atoms with Gasteiger partial charge in [-0.3, -0.25) is 4.98 Å². The number of rotatable bonds is 6. The standard InChI is InChI=1S/C16H20N2O/c1-13(2)19-16-8-6-14(7-9-16)11-17-12-15-5-3-4-10-18-15/h3-10,13,17H,11-12H2,1-2H3. The van der Waals surface area contributed by atoms with Crippen LogP contribution in [0.5, 0.6) is 5.75 Å². The molecule has 0 atom stereocenters. The molecule has 0 aliphatic carbocycles. The van der Waals surface area contributed by atoms with Crippen molar-refractivity contribution in [2.24, 2.45) is 0 Å². The Kier molecular flexibility index (Phi) is 4.93. The molecule has 1 aromatic heterocycles. The highest BCUT2D eigenvalue weighted by atomic mass is 16.5. The fourth-order valence-electron chi connectivity index (χ4n) is 1.80. The van der Waals surface area contributed by atoms with Gasteiger partial charge >= 0.3 is 0 Å². The average Bonchev–Trinajstić information content (AvgIpc) is 2.41. The van der Waals surface area contributed by atoms with Crippen molar-refractivity contribution in [3.63, 3.8) is 0 Å². The highest BCUT2D eigenvalue weighted by Crippen LogP contribution is 2.13.